The van der Waals surface area contributed by atoms with E-state index in [-0.39, 0.29) is 54.2 Å². The Morgan fingerprint density at radius 3 is 2.10 bits per heavy atom. The largest absolute Gasteiger partial charge is 0.469 e. The van der Waals surface area contributed by atoms with E-state index in [1.54, 1.807) is 6.92 Å². The standard InChI is InChI=1S/C39H50N6O6/c1-9-24-19(2)27-18-32-35(23(6)46)21(4)29(43-32)16-28-20(3)25(11-12-33(47)50-7)37(44-28)26(15-34(48)51-8)38-36(39(49)41-14-10-13-40)22(5)30(45-38)17-31(24)42-27/h16-20,24-25,43,45H,9-15,40H2,1-8H3,(H,41,49)/t19-,20+,24-,25+/m1/s1. The van der Waals surface area contributed by atoms with Crippen molar-refractivity contribution >= 4 is 45.7 Å². The molecule has 3 aromatic rings. The molecule has 0 saturated heterocycles. The molecular weight excluding hydrogens is 648 g/mol. The van der Waals surface area contributed by atoms with Gasteiger partial charge in [0, 0.05) is 75.9 Å². The molecule has 272 valence electrons. The van der Waals surface area contributed by atoms with Gasteiger partial charge in [-0.25, -0.2) is 0 Å². The molecule has 0 saturated carbocycles. The average Bonchev–Trinajstić information content (AvgIpc) is 3.78. The molecule has 2 aliphatic rings. The van der Waals surface area contributed by atoms with Crippen LogP contribution in [0.4, 0.5) is 0 Å². The van der Waals surface area contributed by atoms with Crippen LogP contribution in [0, 0.1) is 13.8 Å². The van der Waals surface area contributed by atoms with E-state index in [1.165, 1.54) is 14.2 Å². The SMILES string of the molecule is CC[C@H]1c2cc3[nH]c(c(CC(=O)OC)c4nc(cc5[nH]c(cc(n2)[C@@H]1C)c(C(C)=O)c5C)[C@@H](C)[C@@H]4CCC(=O)OC)c(C(=O)NCCCN)c3C. The number of carbonyl (C=O) groups is 4. The molecule has 5 rings (SSSR count). The predicted molar refractivity (Wildman–Crippen MR) is 196 cm³/mol. The highest BCUT2D eigenvalue weighted by Crippen LogP contribution is 2.43. The highest BCUT2D eigenvalue weighted by Gasteiger charge is 2.34. The highest BCUT2D eigenvalue weighted by molar-refractivity contribution is 6.06. The monoisotopic (exact) mass is 698 g/mol. The lowest BCUT2D eigenvalue weighted by Gasteiger charge is -2.18. The summed E-state index contributed by atoms with van der Waals surface area (Å²) in [5.74, 6) is -1.60. The molecule has 1 amide bonds. The molecule has 0 spiro atoms. The maximum absolute atomic E-state index is 14.0. The van der Waals surface area contributed by atoms with E-state index in [1.807, 2.05) is 39.0 Å². The maximum atomic E-state index is 14.0. The van der Waals surface area contributed by atoms with E-state index in [0.29, 0.717) is 76.1 Å². The summed E-state index contributed by atoms with van der Waals surface area (Å²) in [5.41, 5.74) is 14.3. The Kier molecular flexibility index (Phi) is 11.4. The molecule has 4 atom stereocenters. The quantitative estimate of drug-likeness (QED) is 0.105. The number of aromatic amines is 2. The first-order chi connectivity index (χ1) is 24.3. The van der Waals surface area contributed by atoms with Gasteiger partial charge in [0.15, 0.2) is 5.78 Å². The normalized spacial score (nSPS) is 18.4. The van der Waals surface area contributed by atoms with Gasteiger partial charge in [-0.3, -0.25) is 29.1 Å². The van der Waals surface area contributed by atoms with Crippen molar-refractivity contribution in [2.75, 3.05) is 27.3 Å². The van der Waals surface area contributed by atoms with Crippen LogP contribution in [0.15, 0.2) is 18.2 Å². The third-order valence-electron chi connectivity index (χ3n) is 10.6. The van der Waals surface area contributed by atoms with E-state index in [2.05, 4.69) is 29.1 Å². The van der Waals surface area contributed by atoms with E-state index >= 15 is 0 Å². The smallest absolute Gasteiger partial charge is 0.310 e. The van der Waals surface area contributed by atoms with Crippen LogP contribution in [0.2, 0.25) is 0 Å². The number of hydrogen-bond donors (Lipinski definition) is 4. The number of H-pyrrole nitrogens is 2. The zero-order valence-corrected chi connectivity index (χ0v) is 30.9. The minimum Gasteiger partial charge on any atom is -0.469 e. The van der Waals surface area contributed by atoms with Crippen LogP contribution in [0.1, 0.15) is 137 Å². The zero-order valence-electron chi connectivity index (χ0n) is 30.9. The first-order valence-electron chi connectivity index (χ1n) is 17.7. The van der Waals surface area contributed by atoms with Gasteiger partial charge in [0.05, 0.1) is 42.9 Å². The molecule has 12 heteroatoms. The summed E-state index contributed by atoms with van der Waals surface area (Å²) in [4.78, 5) is 70.0. The molecular formula is C39H50N6O6. The van der Waals surface area contributed by atoms with Gasteiger partial charge in [-0.1, -0.05) is 20.8 Å². The Bertz CT molecular complexity index is 2030. The predicted octanol–water partition coefficient (Wildman–Crippen LogP) is 6.07. The molecule has 0 fully saturated rings. The number of ketones is 1. The summed E-state index contributed by atoms with van der Waals surface area (Å²) in [7, 11) is 2.68. The minimum absolute atomic E-state index is 0.0635. The van der Waals surface area contributed by atoms with Gasteiger partial charge in [-0.05, 0) is 75.9 Å². The molecule has 8 bridgehead atoms. The van der Waals surface area contributed by atoms with E-state index in [4.69, 9.17) is 25.2 Å². The summed E-state index contributed by atoms with van der Waals surface area (Å²) >= 11 is 0. The van der Waals surface area contributed by atoms with Crippen molar-refractivity contribution < 1.29 is 28.7 Å². The van der Waals surface area contributed by atoms with Crippen LogP contribution in [0.25, 0.3) is 22.1 Å². The van der Waals surface area contributed by atoms with Crippen LogP contribution >= 0.6 is 0 Å². The number of carbonyl (C=O) groups excluding carboxylic acids is 4. The second-order valence-electron chi connectivity index (χ2n) is 13.7. The lowest BCUT2D eigenvalue weighted by molar-refractivity contribution is -0.141. The van der Waals surface area contributed by atoms with Gasteiger partial charge in [-0.2, -0.15) is 0 Å². The summed E-state index contributed by atoms with van der Waals surface area (Å²) in [6.45, 7) is 12.5. The van der Waals surface area contributed by atoms with Gasteiger partial charge < -0.3 is 30.5 Å². The molecule has 0 unspecified atom stereocenters. The number of aryl methyl sites for hydroxylation is 2. The summed E-state index contributed by atoms with van der Waals surface area (Å²) in [6, 6.07) is 5.90. The number of nitrogens with two attached hydrogens (primary N) is 1. The highest BCUT2D eigenvalue weighted by atomic mass is 16.5. The van der Waals surface area contributed by atoms with Crippen LogP contribution in [-0.2, 0) is 25.5 Å². The lowest BCUT2D eigenvalue weighted by Crippen LogP contribution is -2.26. The van der Waals surface area contributed by atoms with Crippen LogP contribution in [0.5, 0.6) is 0 Å². The fourth-order valence-corrected chi connectivity index (χ4v) is 7.62. The Morgan fingerprint density at radius 2 is 1.45 bits per heavy atom. The Morgan fingerprint density at radius 1 is 0.843 bits per heavy atom. The van der Waals surface area contributed by atoms with Gasteiger partial charge in [0.1, 0.15) is 0 Å². The van der Waals surface area contributed by atoms with Crippen molar-refractivity contribution in [3.05, 3.63) is 68.8 Å². The fourth-order valence-electron chi connectivity index (χ4n) is 7.62. The number of amides is 1. The third kappa shape index (κ3) is 7.33. The Hall–Kier alpha value is -4.84. The number of Topliss-reactive ketones (excluding diaryl/α,β-unsaturated/α-hetero) is 1. The van der Waals surface area contributed by atoms with E-state index in [9.17, 15) is 19.2 Å². The molecule has 12 nitrogen and oxygen atoms in total. The van der Waals surface area contributed by atoms with Crippen LogP contribution in [-0.4, -0.2) is 70.9 Å². The number of hydrogen-bond acceptors (Lipinski definition) is 9. The molecule has 3 aromatic heterocycles. The van der Waals surface area contributed by atoms with Gasteiger partial charge in [0.2, 0.25) is 0 Å². The first kappa shape index (κ1) is 37.4. The minimum atomic E-state index is -0.503. The third-order valence-corrected chi connectivity index (χ3v) is 10.6. The van der Waals surface area contributed by atoms with Crippen LogP contribution < -0.4 is 11.1 Å². The van der Waals surface area contributed by atoms with Crippen molar-refractivity contribution in [2.45, 2.75) is 97.3 Å². The fraction of sp³-hybridized carbons (Fsp3) is 0.487. The topological polar surface area (TPSA) is 182 Å². The van der Waals surface area contributed by atoms with Crippen molar-refractivity contribution in [2.24, 2.45) is 5.73 Å². The molecule has 2 aliphatic heterocycles. The van der Waals surface area contributed by atoms with Crippen molar-refractivity contribution in [1.29, 1.82) is 0 Å². The number of rotatable bonds is 11. The van der Waals surface area contributed by atoms with Gasteiger partial charge in [0.25, 0.3) is 5.91 Å². The van der Waals surface area contributed by atoms with E-state index in [0.717, 1.165) is 28.9 Å². The van der Waals surface area contributed by atoms with Crippen molar-refractivity contribution in [3.8, 4) is 0 Å². The average molecular weight is 699 g/mol. The van der Waals surface area contributed by atoms with Gasteiger partial charge in [-0.15, -0.1) is 0 Å². The summed E-state index contributed by atoms with van der Waals surface area (Å²) < 4.78 is 10.2. The van der Waals surface area contributed by atoms with Crippen LogP contribution in [0.3, 0.4) is 0 Å². The number of nitrogens with one attached hydrogen (secondary N) is 3. The summed E-state index contributed by atoms with van der Waals surface area (Å²) in [5, 5.41) is 3.00. The Labute approximate surface area is 298 Å². The number of fused-ring (bicyclic) bond motifs is 8. The number of aromatic nitrogens is 4. The summed E-state index contributed by atoms with van der Waals surface area (Å²) in [6.07, 6.45) is 1.77. The molecule has 5 heterocycles. The second kappa shape index (κ2) is 15.6. The molecule has 0 aliphatic carbocycles. The first-order valence-corrected chi connectivity index (χ1v) is 17.7. The molecule has 0 aromatic carbocycles. The zero-order chi connectivity index (χ0) is 37.1. The Balaban J connectivity index is 2.00. The maximum Gasteiger partial charge on any atom is 0.310 e. The second-order valence-corrected chi connectivity index (χ2v) is 13.7. The molecule has 0 radical (unpaired) electrons. The van der Waals surface area contributed by atoms with Crippen molar-refractivity contribution in [1.82, 2.24) is 25.3 Å². The number of methoxy groups -OCH3 is 2. The van der Waals surface area contributed by atoms with E-state index < -0.39 is 5.97 Å². The number of ether oxygens (including phenoxy) is 2. The van der Waals surface area contributed by atoms with Crippen molar-refractivity contribution in [3.63, 3.8) is 0 Å². The molecule has 51 heavy (non-hydrogen) atoms. The molecule has 5 N–H and O–H groups in total. The van der Waals surface area contributed by atoms with Gasteiger partial charge >= 0.3 is 11.9 Å². The lowest BCUT2D eigenvalue weighted by atomic mass is 9.85. The number of esters is 2. The number of nitrogens with zero attached hydrogens (tertiary/aromatic N) is 2.